The molecular formula is C9H8N2O4. The molecule has 0 aliphatic rings. The first-order valence-corrected chi connectivity index (χ1v) is 4.05. The van der Waals surface area contributed by atoms with Crippen molar-refractivity contribution in [3.05, 3.63) is 18.3 Å². The van der Waals surface area contributed by atoms with Crippen molar-refractivity contribution in [1.82, 2.24) is 5.16 Å². The Kier molecular flexibility index (Phi) is 1.89. The van der Waals surface area contributed by atoms with E-state index in [-0.39, 0.29) is 17.0 Å². The summed E-state index contributed by atoms with van der Waals surface area (Å²) in [4.78, 5) is 0. The SMILES string of the molecule is Nc1cnoc1-c1ccc(O)c(O)c1O. The Hall–Kier alpha value is -2.37. The number of anilines is 1. The van der Waals surface area contributed by atoms with Gasteiger partial charge in [-0.2, -0.15) is 0 Å². The molecule has 15 heavy (non-hydrogen) atoms. The first-order chi connectivity index (χ1) is 7.11. The van der Waals surface area contributed by atoms with Crippen LogP contribution >= 0.6 is 0 Å². The lowest BCUT2D eigenvalue weighted by Gasteiger charge is -2.04. The van der Waals surface area contributed by atoms with Crippen molar-refractivity contribution in [2.75, 3.05) is 5.73 Å². The zero-order valence-corrected chi connectivity index (χ0v) is 7.51. The number of nitrogen functional groups attached to an aromatic ring is 1. The lowest BCUT2D eigenvalue weighted by molar-refractivity contribution is 0.366. The van der Waals surface area contributed by atoms with Crippen LogP contribution in [0.3, 0.4) is 0 Å². The average molecular weight is 208 g/mol. The zero-order valence-electron chi connectivity index (χ0n) is 7.51. The largest absolute Gasteiger partial charge is 0.504 e. The van der Waals surface area contributed by atoms with E-state index < -0.39 is 17.2 Å². The van der Waals surface area contributed by atoms with Gasteiger partial charge in [0, 0.05) is 0 Å². The number of hydrogen-bond donors (Lipinski definition) is 4. The Labute approximate surface area is 84.2 Å². The number of nitrogens with zero attached hydrogens (tertiary/aromatic N) is 1. The number of aromatic hydroxyl groups is 3. The van der Waals surface area contributed by atoms with Gasteiger partial charge in [0.2, 0.25) is 5.75 Å². The molecule has 0 bridgehead atoms. The smallest absolute Gasteiger partial charge is 0.201 e. The van der Waals surface area contributed by atoms with E-state index in [1.54, 1.807) is 0 Å². The van der Waals surface area contributed by atoms with Crippen LogP contribution in [0.4, 0.5) is 5.69 Å². The Morgan fingerprint density at radius 2 is 1.87 bits per heavy atom. The van der Waals surface area contributed by atoms with Gasteiger partial charge in [0.15, 0.2) is 17.3 Å². The summed E-state index contributed by atoms with van der Waals surface area (Å²) in [6.07, 6.45) is 1.28. The minimum absolute atomic E-state index is 0.141. The topological polar surface area (TPSA) is 113 Å². The molecule has 0 spiro atoms. The maximum Gasteiger partial charge on any atom is 0.201 e. The second-order valence-corrected chi connectivity index (χ2v) is 2.94. The summed E-state index contributed by atoms with van der Waals surface area (Å²) in [7, 11) is 0. The molecule has 0 saturated carbocycles. The molecule has 5 N–H and O–H groups in total. The normalized spacial score (nSPS) is 10.4. The van der Waals surface area contributed by atoms with Crippen LogP contribution in [0.15, 0.2) is 22.9 Å². The predicted molar refractivity (Wildman–Crippen MR) is 51.3 cm³/mol. The minimum atomic E-state index is -0.622. The van der Waals surface area contributed by atoms with E-state index >= 15 is 0 Å². The van der Waals surface area contributed by atoms with Crippen LogP contribution in [0.2, 0.25) is 0 Å². The molecule has 6 nitrogen and oxygen atoms in total. The summed E-state index contributed by atoms with van der Waals surface area (Å²) < 4.78 is 4.80. The summed E-state index contributed by atoms with van der Waals surface area (Å²) in [5, 5.41) is 31.3. The molecular weight excluding hydrogens is 200 g/mol. The summed E-state index contributed by atoms with van der Waals surface area (Å²) in [5.74, 6) is -1.40. The van der Waals surface area contributed by atoms with Gasteiger partial charge in [-0.25, -0.2) is 0 Å². The molecule has 1 heterocycles. The molecule has 6 heteroatoms. The number of nitrogens with two attached hydrogens (primary N) is 1. The maximum atomic E-state index is 9.52. The monoisotopic (exact) mass is 208 g/mol. The zero-order chi connectivity index (χ0) is 11.0. The van der Waals surface area contributed by atoms with E-state index in [9.17, 15) is 10.2 Å². The molecule has 1 aromatic heterocycles. The van der Waals surface area contributed by atoms with Crippen molar-refractivity contribution >= 4 is 5.69 Å². The van der Waals surface area contributed by atoms with Gasteiger partial charge in [-0.3, -0.25) is 0 Å². The fraction of sp³-hybridized carbons (Fsp3) is 0. The van der Waals surface area contributed by atoms with E-state index in [0.717, 1.165) is 0 Å². The number of hydrogen-bond acceptors (Lipinski definition) is 6. The van der Waals surface area contributed by atoms with Crippen LogP contribution < -0.4 is 5.73 Å². The third-order valence-electron chi connectivity index (χ3n) is 1.97. The van der Waals surface area contributed by atoms with Gasteiger partial charge < -0.3 is 25.6 Å². The van der Waals surface area contributed by atoms with Crippen molar-refractivity contribution in [1.29, 1.82) is 0 Å². The highest BCUT2D eigenvalue weighted by molar-refractivity contribution is 5.78. The Morgan fingerprint density at radius 3 is 2.47 bits per heavy atom. The summed E-state index contributed by atoms with van der Waals surface area (Å²) in [6.45, 7) is 0. The van der Waals surface area contributed by atoms with Gasteiger partial charge in [-0.1, -0.05) is 5.16 Å². The maximum absolute atomic E-state index is 9.52. The molecule has 0 fully saturated rings. The molecule has 78 valence electrons. The fourth-order valence-corrected chi connectivity index (χ4v) is 1.20. The van der Waals surface area contributed by atoms with Crippen LogP contribution in [0.25, 0.3) is 11.3 Å². The molecule has 2 aromatic rings. The molecule has 0 saturated heterocycles. The van der Waals surface area contributed by atoms with Gasteiger partial charge in [0.25, 0.3) is 0 Å². The third kappa shape index (κ3) is 1.32. The first-order valence-electron chi connectivity index (χ1n) is 4.05. The van der Waals surface area contributed by atoms with Crippen LogP contribution in [0, 0.1) is 0 Å². The van der Waals surface area contributed by atoms with Gasteiger partial charge in [-0.15, -0.1) is 0 Å². The van der Waals surface area contributed by atoms with Crippen LogP contribution in [-0.2, 0) is 0 Å². The molecule has 0 amide bonds. The van der Waals surface area contributed by atoms with Crippen molar-refractivity contribution < 1.29 is 19.8 Å². The van der Waals surface area contributed by atoms with Crippen molar-refractivity contribution in [3.8, 4) is 28.6 Å². The van der Waals surface area contributed by atoms with E-state index in [2.05, 4.69) is 5.16 Å². The van der Waals surface area contributed by atoms with Gasteiger partial charge in [0.1, 0.15) is 5.69 Å². The standard InChI is InChI=1S/C9H8N2O4/c10-5-3-11-15-9(5)4-1-2-6(12)8(14)7(4)13/h1-3,12-14H,10H2. The van der Waals surface area contributed by atoms with Gasteiger partial charge >= 0.3 is 0 Å². The second kappa shape index (κ2) is 3.09. The lowest BCUT2D eigenvalue weighted by atomic mass is 10.1. The first kappa shape index (κ1) is 9.20. The molecule has 0 aliphatic heterocycles. The van der Waals surface area contributed by atoms with E-state index in [4.69, 9.17) is 15.4 Å². The number of rotatable bonds is 1. The van der Waals surface area contributed by atoms with Crippen LogP contribution in [0.1, 0.15) is 0 Å². The van der Waals surface area contributed by atoms with Gasteiger partial charge in [0.05, 0.1) is 11.8 Å². The van der Waals surface area contributed by atoms with Crippen molar-refractivity contribution in [3.63, 3.8) is 0 Å². The minimum Gasteiger partial charge on any atom is -0.504 e. The van der Waals surface area contributed by atoms with E-state index in [0.29, 0.717) is 0 Å². The summed E-state index contributed by atoms with van der Waals surface area (Å²) in [5.41, 5.74) is 5.92. The number of phenols is 3. The molecule has 0 unspecified atom stereocenters. The van der Waals surface area contributed by atoms with Crippen LogP contribution in [0.5, 0.6) is 17.2 Å². The summed E-state index contributed by atoms with van der Waals surface area (Å²) >= 11 is 0. The predicted octanol–water partition coefficient (Wildman–Crippen LogP) is 1.04. The number of phenolic OH excluding ortho intramolecular Hbond substituents is 3. The molecule has 0 radical (unpaired) electrons. The Morgan fingerprint density at radius 1 is 1.13 bits per heavy atom. The highest BCUT2D eigenvalue weighted by Gasteiger charge is 2.17. The average Bonchev–Trinajstić information content (AvgIpc) is 2.62. The Balaban J connectivity index is 2.65. The van der Waals surface area contributed by atoms with Crippen molar-refractivity contribution in [2.24, 2.45) is 0 Å². The van der Waals surface area contributed by atoms with E-state index in [1.165, 1.54) is 18.3 Å². The van der Waals surface area contributed by atoms with Crippen molar-refractivity contribution in [2.45, 2.75) is 0 Å². The van der Waals surface area contributed by atoms with Gasteiger partial charge in [-0.05, 0) is 12.1 Å². The molecule has 0 atom stereocenters. The molecule has 0 aliphatic carbocycles. The quantitative estimate of drug-likeness (QED) is 0.521. The third-order valence-corrected chi connectivity index (χ3v) is 1.97. The highest BCUT2D eigenvalue weighted by atomic mass is 16.5. The highest BCUT2D eigenvalue weighted by Crippen LogP contribution is 2.43. The molecule has 1 aromatic carbocycles. The van der Waals surface area contributed by atoms with E-state index in [1.807, 2.05) is 0 Å². The summed E-state index contributed by atoms with van der Waals surface area (Å²) in [6, 6.07) is 2.58. The Bertz CT molecular complexity index is 507. The number of benzene rings is 1. The molecule has 2 rings (SSSR count). The fourth-order valence-electron chi connectivity index (χ4n) is 1.20. The number of aromatic nitrogens is 1. The van der Waals surface area contributed by atoms with Crippen LogP contribution in [-0.4, -0.2) is 20.5 Å². The second-order valence-electron chi connectivity index (χ2n) is 2.94. The lowest BCUT2D eigenvalue weighted by Crippen LogP contribution is -1.85.